The molecule has 0 aromatic heterocycles. The molecule has 0 amide bonds. The van der Waals surface area contributed by atoms with Crippen LogP contribution >= 0.6 is 8.58 Å². The fourth-order valence-electron chi connectivity index (χ4n) is 1.81. The van der Waals surface area contributed by atoms with Gasteiger partial charge in [0, 0.05) is 0 Å². The molecular weight excluding hydrogens is 246 g/mol. The summed E-state index contributed by atoms with van der Waals surface area (Å²) in [5, 5.41) is 2.85. The quantitative estimate of drug-likeness (QED) is 0.553. The molecular formula is C16H20NaP. The second-order valence-electron chi connectivity index (χ2n) is 4.72. The molecule has 0 nitrogen and oxygen atoms in total. The van der Waals surface area contributed by atoms with Crippen LogP contribution in [0.3, 0.4) is 0 Å². The number of aryl methyl sites for hydroxylation is 4. The van der Waals surface area contributed by atoms with Crippen molar-refractivity contribution in [3.63, 3.8) is 0 Å². The minimum atomic E-state index is 0. The summed E-state index contributed by atoms with van der Waals surface area (Å²) in [4.78, 5) is 0. The van der Waals surface area contributed by atoms with Crippen LogP contribution in [0, 0.1) is 27.7 Å². The minimum Gasteiger partial charge on any atom is -1.00 e. The third kappa shape index (κ3) is 3.93. The zero-order valence-electron chi connectivity index (χ0n) is 13.0. The molecule has 0 fully saturated rings. The van der Waals surface area contributed by atoms with Crippen LogP contribution in [-0.4, -0.2) is 0 Å². The zero-order valence-corrected chi connectivity index (χ0v) is 15.0. The van der Waals surface area contributed by atoms with E-state index in [9.17, 15) is 0 Å². The maximum atomic E-state index is 2.31. The summed E-state index contributed by atoms with van der Waals surface area (Å²) in [6.45, 7) is 8.70. The third-order valence-corrected chi connectivity index (χ3v) is 4.50. The first-order valence-electron chi connectivity index (χ1n) is 5.98. The maximum Gasteiger partial charge on any atom is 1.00 e. The van der Waals surface area contributed by atoms with Gasteiger partial charge in [-0.2, -0.15) is 0 Å². The Balaban J connectivity index is 0.00000162. The van der Waals surface area contributed by atoms with Gasteiger partial charge in [-0.05, 0) is 60.6 Å². The van der Waals surface area contributed by atoms with Crippen molar-refractivity contribution in [2.24, 2.45) is 0 Å². The number of rotatable bonds is 2. The normalized spacial score (nSPS) is 10.0. The first-order valence-corrected chi connectivity index (χ1v) is 6.98. The summed E-state index contributed by atoms with van der Waals surface area (Å²) in [6.07, 6.45) is 0. The largest absolute Gasteiger partial charge is 1.00 e. The molecule has 0 aliphatic rings. The Kier molecular flexibility index (Phi) is 6.08. The molecule has 0 spiro atoms. The number of hydrogen-bond donors (Lipinski definition) is 0. The second-order valence-corrected chi connectivity index (χ2v) is 6.13. The van der Waals surface area contributed by atoms with Gasteiger partial charge < -0.3 is 1.43 Å². The summed E-state index contributed by atoms with van der Waals surface area (Å²) in [5.74, 6) is 0. The Labute approximate surface area is 136 Å². The van der Waals surface area contributed by atoms with Crippen molar-refractivity contribution in [3.05, 3.63) is 58.7 Å². The van der Waals surface area contributed by atoms with E-state index in [1.165, 1.54) is 32.9 Å². The van der Waals surface area contributed by atoms with Crippen LogP contribution in [0.5, 0.6) is 0 Å². The van der Waals surface area contributed by atoms with Crippen molar-refractivity contribution < 1.29 is 31.0 Å². The van der Waals surface area contributed by atoms with E-state index in [4.69, 9.17) is 0 Å². The summed E-state index contributed by atoms with van der Waals surface area (Å²) in [6, 6.07) is 13.6. The molecule has 0 radical (unpaired) electrons. The van der Waals surface area contributed by atoms with E-state index < -0.39 is 0 Å². The van der Waals surface area contributed by atoms with E-state index >= 15 is 0 Å². The average Bonchev–Trinajstić information content (AvgIpc) is 2.29. The third-order valence-electron chi connectivity index (χ3n) is 3.30. The van der Waals surface area contributed by atoms with Gasteiger partial charge in [0.15, 0.2) is 0 Å². The molecule has 90 valence electrons. The van der Waals surface area contributed by atoms with Gasteiger partial charge in [0.1, 0.15) is 0 Å². The predicted molar refractivity (Wildman–Crippen MR) is 80.5 cm³/mol. The van der Waals surface area contributed by atoms with Gasteiger partial charge in [-0.15, -0.1) is 0 Å². The molecule has 0 saturated heterocycles. The van der Waals surface area contributed by atoms with Crippen LogP contribution in [0.1, 0.15) is 23.7 Å². The molecule has 2 aromatic carbocycles. The minimum absolute atomic E-state index is 0. The van der Waals surface area contributed by atoms with Crippen LogP contribution in [-0.2, 0) is 0 Å². The SMILES string of the molecule is Cc1ccc(Pc2ccc(C)c(C)c2)cc1C.[H-].[Na+]. The van der Waals surface area contributed by atoms with Crippen LogP contribution in [0.4, 0.5) is 0 Å². The Bertz CT molecular complexity index is 503. The monoisotopic (exact) mass is 266 g/mol. The van der Waals surface area contributed by atoms with Crippen molar-refractivity contribution in [2.45, 2.75) is 27.7 Å². The van der Waals surface area contributed by atoms with Crippen molar-refractivity contribution in [1.29, 1.82) is 0 Å². The summed E-state index contributed by atoms with van der Waals surface area (Å²) >= 11 is 0. The van der Waals surface area contributed by atoms with Gasteiger partial charge in [-0.25, -0.2) is 0 Å². The van der Waals surface area contributed by atoms with Crippen LogP contribution in [0.2, 0.25) is 0 Å². The van der Waals surface area contributed by atoms with Crippen molar-refractivity contribution >= 4 is 19.2 Å². The van der Waals surface area contributed by atoms with Gasteiger partial charge in [0.2, 0.25) is 0 Å². The van der Waals surface area contributed by atoms with Gasteiger partial charge in [0.25, 0.3) is 0 Å². The van der Waals surface area contributed by atoms with Gasteiger partial charge in [-0.1, -0.05) is 45.0 Å². The first kappa shape index (κ1) is 15.9. The predicted octanol–water partition coefficient (Wildman–Crippen LogP) is 0.666. The fourth-order valence-corrected chi connectivity index (χ4v) is 3.05. The van der Waals surface area contributed by atoms with E-state index in [1.54, 1.807) is 0 Å². The van der Waals surface area contributed by atoms with Crippen molar-refractivity contribution in [3.8, 4) is 0 Å². The van der Waals surface area contributed by atoms with Crippen molar-refractivity contribution in [2.75, 3.05) is 0 Å². The first-order chi connectivity index (χ1) is 8.06. The number of benzene rings is 2. The smallest absolute Gasteiger partial charge is 1.00 e. The topological polar surface area (TPSA) is 0 Å². The second kappa shape index (κ2) is 6.87. The van der Waals surface area contributed by atoms with E-state index in [0.29, 0.717) is 0 Å². The Morgan fingerprint density at radius 2 is 1.06 bits per heavy atom. The van der Waals surface area contributed by atoms with Gasteiger partial charge >= 0.3 is 29.6 Å². The molecule has 0 aliphatic carbocycles. The maximum absolute atomic E-state index is 2.31. The molecule has 0 aliphatic heterocycles. The van der Waals surface area contributed by atoms with Crippen LogP contribution < -0.4 is 40.2 Å². The van der Waals surface area contributed by atoms with Gasteiger partial charge in [-0.3, -0.25) is 0 Å². The summed E-state index contributed by atoms with van der Waals surface area (Å²) in [7, 11) is 0.762. The summed E-state index contributed by atoms with van der Waals surface area (Å²) in [5.41, 5.74) is 5.52. The van der Waals surface area contributed by atoms with Crippen LogP contribution in [0.25, 0.3) is 0 Å². The Morgan fingerprint density at radius 3 is 1.39 bits per heavy atom. The molecule has 0 saturated carbocycles. The number of hydrogen-bond acceptors (Lipinski definition) is 0. The molecule has 0 unspecified atom stereocenters. The van der Waals surface area contributed by atoms with Crippen molar-refractivity contribution in [1.82, 2.24) is 0 Å². The Hall–Kier alpha value is -0.130. The molecule has 0 heterocycles. The summed E-state index contributed by atoms with van der Waals surface area (Å²) < 4.78 is 0. The average molecular weight is 266 g/mol. The molecule has 2 aromatic rings. The zero-order chi connectivity index (χ0) is 12.4. The van der Waals surface area contributed by atoms with E-state index in [2.05, 4.69) is 64.1 Å². The molecule has 18 heavy (non-hydrogen) atoms. The fraction of sp³-hybridized carbons (Fsp3) is 0.250. The Morgan fingerprint density at radius 1 is 0.667 bits per heavy atom. The molecule has 2 heteroatoms. The molecule has 2 rings (SSSR count). The molecule has 0 bridgehead atoms. The standard InChI is InChI=1S/C16H19P.Na.H/c1-11-5-7-15(9-13(11)3)17-16-8-6-12(2)14(4)10-16;;/h5-10,17H,1-4H3;;/q;+1;-1. The van der Waals surface area contributed by atoms with Gasteiger partial charge in [0.05, 0.1) is 0 Å². The van der Waals surface area contributed by atoms with E-state index in [-0.39, 0.29) is 31.0 Å². The molecule has 0 N–H and O–H groups in total. The van der Waals surface area contributed by atoms with E-state index in [0.717, 1.165) is 8.58 Å². The van der Waals surface area contributed by atoms with E-state index in [1.807, 2.05) is 0 Å². The molecule has 0 atom stereocenters. The van der Waals surface area contributed by atoms with Crippen LogP contribution in [0.15, 0.2) is 36.4 Å².